The predicted molar refractivity (Wildman–Crippen MR) is 224 cm³/mol. The van der Waals surface area contributed by atoms with E-state index in [2.05, 4.69) is 206 Å². The summed E-state index contributed by atoms with van der Waals surface area (Å²) >= 11 is 0. The van der Waals surface area contributed by atoms with Crippen molar-refractivity contribution in [3.63, 3.8) is 0 Å². The molecule has 0 aromatic heterocycles. The third kappa shape index (κ3) is 3.82. The second-order valence-corrected chi connectivity index (χ2v) is 15.0. The summed E-state index contributed by atoms with van der Waals surface area (Å²) in [7, 11) is 0. The van der Waals surface area contributed by atoms with Crippen LogP contribution in [0.25, 0.3) is 44.2 Å². The minimum Gasteiger partial charge on any atom is -0.457 e. The van der Waals surface area contributed by atoms with Crippen molar-refractivity contribution in [1.82, 2.24) is 0 Å². The van der Waals surface area contributed by atoms with Gasteiger partial charge in [0, 0.05) is 11.1 Å². The van der Waals surface area contributed by atoms with Crippen molar-refractivity contribution < 1.29 is 4.74 Å². The summed E-state index contributed by atoms with van der Waals surface area (Å²) in [5.41, 5.74) is 16.4. The number of hydrogen-bond acceptors (Lipinski definition) is 1. The topological polar surface area (TPSA) is 9.23 Å². The van der Waals surface area contributed by atoms with Crippen molar-refractivity contribution >= 4 is 10.8 Å². The van der Waals surface area contributed by atoms with Gasteiger partial charge in [0.05, 0.1) is 10.8 Å². The highest BCUT2D eigenvalue weighted by molar-refractivity contribution is 6.05. The standard InChI is InChI=1S/C54H34O/c1-2-18-36(19-3-1)53(46-29-13-9-24-42(46)51-37-20-5-4-17-35(37)33-34-48(51)53)43-26-10-8-23-40(43)41-25-16-32-50-52(41)54(47-30-14-15-31-49(47)55-50)44-27-11-6-21-38(44)39-22-7-12-28-45(39)54/h1-34H. The van der Waals surface area contributed by atoms with Gasteiger partial charge in [-0.3, -0.25) is 0 Å². The minimum atomic E-state index is -0.595. The van der Waals surface area contributed by atoms with E-state index in [0.717, 1.165) is 11.5 Å². The van der Waals surface area contributed by atoms with Crippen LogP contribution in [0.4, 0.5) is 0 Å². The smallest absolute Gasteiger partial charge is 0.132 e. The van der Waals surface area contributed by atoms with Crippen molar-refractivity contribution in [3.05, 3.63) is 251 Å². The van der Waals surface area contributed by atoms with Crippen LogP contribution < -0.4 is 4.74 Å². The Morgan fingerprint density at radius 2 is 0.782 bits per heavy atom. The van der Waals surface area contributed by atoms with Gasteiger partial charge >= 0.3 is 0 Å². The molecule has 1 aliphatic heterocycles. The van der Waals surface area contributed by atoms with Crippen molar-refractivity contribution in [2.24, 2.45) is 0 Å². The fourth-order valence-electron chi connectivity index (χ4n) is 10.7. The molecule has 0 bridgehead atoms. The van der Waals surface area contributed by atoms with E-state index in [9.17, 15) is 0 Å². The zero-order valence-corrected chi connectivity index (χ0v) is 30.0. The van der Waals surface area contributed by atoms with E-state index in [1.807, 2.05) is 0 Å². The van der Waals surface area contributed by atoms with Crippen LogP contribution in [-0.4, -0.2) is 0 Å². The SMILES string of the molecule is c1ccc(C2(c3ccccc3-c3cccc4c3C3(c5ccccc5O4)c4ccccc4-c4ccccc43)c3ccccc3-c3c2ccc2ccccc32)cc1. The first-order valence-electron chi connectivity index (χ1n) is 19.2. The molecule has 12 rings (SSSR count). The lowest BCUT2D eigenvalue weighted by atomic mass is 9.62. The van der Waals surface area contributed by atoms with Crippen molar-refractivity contribution in [2.75, 3.05) is 0 Å². The Balaban J connectivity index is 1.24. The molecule has 0 N–H and O–H groups in total. The van der Waals surface area contributed by atoms with Gasteiger partial charge in [-0.1, -0.05) is 194 Å². The van der Waals surface area contributed by atoms with Gasteiger partial charge in [0.1, 0.15) is 11.5 Å². The van der Waals surface area contributed by atoms with Crippen LogP contribution in [-0.2, 0) is 10.8 Å². The first-order valence-corrected chi connectivity index (χ1v) is 19.2. The van der Waals surface area contributed by atoms with E-state index in [1.54, 1.807) is 0 Å². The van der Waals surface area contributed by atoms with Crippen LogP contribution in [0.15, 0.2) is 206 Å². The maximum Gasteiger partial charge on any atom is 0.132 e. The lowest BCUT2D eigenvalue weighted by molar-refractivity contribution is 0.437. The van der Waals surface area contributed by atoms with E-state index in [0.29, 0.717) is 0 Å². The van der Waals surface area contributed by atoms with E-state index in [-0.39, 0.29) is 0 Å². The molecule has 0 radical (unpaired) electrons. The number of para-hydroxylation sites is 1. The molecule has 9 aromatic rings. The van der Waals surface area contributed by atoms with Crippen molar-refractivity contribution in [1.29, 1.82) is 0 Å². The predicted octanol–water partition coefficient (Wildman–Crippen LogP) is 13.3. The maximum atomic E-state index is 6.99. The fraction of sp³-hybridized carbons (Fsp3) is 0.0370. The Morgan fingerprint density at radius 3 is 1.49 bits per heavy atom. The van der Waals surface area contributed by atoms with Crippen LogP contribution in [0.2, 0.25) is 0 Å². The molecule has 256 valence electrons. The van der Waals surface area contributed by atoms with Gasteiger partial charge in [0.15, 0.2) is 0 Å². The molecule has 9 aromatic carbocycles. The van der Waals surface area contributed by atoms with Crippen LogP contribution in [0.3, 0.4) is 0 Å². The summed E-state index contributed by atoms with van der Waals surface area (Å²) in [6, 6.07) is 76.3. The molecule has 2 aliphatic carbocycles. The van der Waals surface area contributed by atoms with E-state index in [1.165, 1.54) is 88.7 Å². The highest BCUT2D eigenvalue weighted by Gasteiger charge is 2.53. The van der Waals surface area contributed by atoms with Crippen LogP contribution >= 0.6 is 0 Å². The highest BCUT2D eigenvalue weighted by atomic mass is 16.5. The largest absolute Gasteiger partial charge is 0.457 e. The quantitative estimate of drug-likeness (QED) is 0.178. The van der Waals surface area contributed by atoms with Crippen LogP contribution in [0.5, 0.6) is 11.5 Å². The molecular weight excluding hydrogens is 665 g/mol. The minimum absolute atomic E-state index is 0.595. The molecule has 0 saturated heterocycles. The molecule has 1 unspecified atom stereocenters. The summed E-state index contributed by atoms with van der Waals surface area (Å²) in [5.74, 6) is 1.79. The Labute approximate surface area is 320 Å². The summed E-state index contributed by atoms with van der Waals surface area (Å²) in [5, 5.41) is 2.53. The normalized spacial score (nSPS) is 16.4. The summed E-state index contributed by atoms with van der Waals surface area (Å²) in [6.07, 6.45) is 0. The molecule has 1 spiro atoms. The second kappa shape index (κ2) is 11.3. The molecule has 55 heavy (non-hydrogen) atoms. The third-order valence-electron chi connectivity index (χ3n) is 12.6. The number of hydrogen-bond donors (Lipinski definition) is 0. The Hall–Kier alpha value is -6.96. The number of fused-ring (bicyclic) bond motifs is 14. The summed E-state index contributed by atoms with van der Waals surface area (Å²) < 4.78 is 6.99. The van der Waals surface area contributed by atoms with Gasteiger partial charge in [-0.15, -0.1) is 0 Å². The van der Waals surface area contributed by atoms with Gasteiger partial charge in [-0.25, -0.2) is 0 Å². The lowest BCUT2D eigenvalue weighted by Gasteiger charge is -2.41. The molecule has 0 amide bonds. The second-order valence-electron chi connectivity index (χ2n) is 15.0. The summed E-state index contributed by atoms with van der Waals surface area (Å²) in [4.78, 5) is 0. The van der Waals surface area contributed by atoms with Crippen molar-refractivity contribution in [2.45, 2.75) is 10.8 Å². The van der Waals surface area contributed by atoms with Gasteiger partial charge in [0.2, 0.25) is 0 Å². The average Bonchev–Trinajstić information content (AvgIpc) is 3.73. The maximum absolute atomic E-state index is 6.99. The first kappa shape index (κ1) is 30.5. The number of rotatable bonds is 3. The number of benzene rings is 9. The van der Waals surface area contributed by atoms with E-state index in [4.69, 9.17) is 4.74 Å². The Morgan fingerprint density at radius 1 is 0.291 bits per heavy atom. The van der Waals surface area contributed by atoms with Crippen molar-refractivity contribution in [3.8, 4) is 44.9 Å². The van der Waals surface area contributed by atoms with Crippen LogP contribution in [0.1, 0.15) is 44.5 Å². The molecule has 3 aliphatic rings. The molecule has 1 heteroatoms. The van der Waals surface area contributed by atoms with E-state index < -0.39 is 10.8 Å². The number of ether oxygens (including phenoxy) is 1. The average molecular weight is 699 g/mol. The van der Waals surface area contributed by atoms with Gasteiger partial charge in [-0.2, -0.15) is 0 Å². The molecular formula is C54H34O. The third-order valence-corrected chi connectivity index (χ3v) is 12.6. The monoisotopic (exact) mass is 698 g/mol. The molecule has 1 nitrogen and oxygen atoms in total. The van der Waals surface area contributed by atoms with E-state index >= 15 is 0 Å². The zero-order chi connectivity index (χ0) is 36.1. The Kier molecular flexibility index (Phi) is 6.25. The molecule has 1 heterocycles. The lowest BCUT2D eigenvalue weighted by Crippen LogP contribution is -2.33. The van der Waals surface area contributed by atoms with Gasteiger partial charge < -0.3 is 4.74 Å². The summed E-state index contributed by atoms with van der Waals surface area (Å²) in [6.45, 7) is 0. The highest BCUT2D eigenvalue weighted by Crippen LogP contribution is 2.65. The molecule has 1 atom stereocenters. The van der Waals surface area contributed by atoms with Gasteiger partial charge in [-0.05, 0) is 89.7 Å². The van der Waals surface area contributed by atoms with Gasteiger partial charge in [0.25, 0.3) is 0 Å². The first-order chi connectivity index (χ1) is 27.3. The molecule has 0 saturated carbocycles. The fourth-order valence-corrected chi connectivity index (χ4v) is 10.7. The molecule has 0 fully saturated rings. The van der Waals surface area contributed by atoms with Crippen LogP contribution in [0, 0.1) is 0 Å². The zero-order valence-electron chi connectivity index (χ0n) is 30.0. The Bertz CT molecular complexity index is 2980.